The van der Waals surface area contributed by atoms with Crippen LogP contribution in [-0.2, 0) is 0 Å². The van der Waals surface area contributed by atoms with Gasteiger partial charge in [-0.3, -0.25) is 0 Å². The molecule has 0 saturated heterocycles. The van der Waals surface area contributed by atoms with E-state index >= 15 is 0 Å². The second-order valence-electron chi connectivity index (χ2n) is 18.1. The summed E-state index contributed by atoms with van der Waals surface area (Å²) in [7, 11) is 0. The number of fused-ring (bicyclic) bond motifs is 13. The van der Waals surface area contributed by atoms with Gasteiger partial charge in [-0.05, 0) is 191 Å². The summed E-state index contributed by atoms with van der Waals surface area (Å²) in [6, 6.07) is 32.2. The average molecular weight is 632 g/mol. The molecule has 0 N–H and O–H groups in total. The van der Waals surface area contributed by atoms with Gasteiger partial charge in [-0.25, -0.2) is 0 Å². The topological polar surface area (TPSA) is 4.41 Å². The van der Waals surface area contributed by atoms with E-state index in [9.17, 15) is 0 Å². The van der Waals surface area contributed by atoms with Gasteiger partial charge in [-0.15, -0.1) is 0 Å². The van der Waals surface area contributed by atoms with Crippen molar-refractivity contribution < 1.29 is 0 Å². The van der Waals surface area contributed by atoms with Crippen LogP contribution >= 0.6 is 0 Å². The Bertz CT molecular complexity index is 2770. The van der Waals surface area contributed by atoms with Crippen LogP contribution in [0.2, 0.25) is 0 Å². The second-order valence-corrected chi connectivity index (χ2v) is 18.1. The predicted molar refractivity (Wildman–Crippen MR) is 205 cm³/mol. The van der Waals surface area contributed by atoms with Gasteiger partial charge < -0.3 is 4.40 Å². The molecule has 8 aromatic rings. The number of hydrogen-bond acceptors (Lipinski definition) is 0. The van der Waals surface area contributed by atoms with Gasteiger partial charge in [0.15, 0.2) is 0 Å². The minimum absolute atomic E-state index is 0.748. The molecule has 49 heavy (non-hydrogen) atoms. The summed E-state index contributed by atoms with van der Waals surface area (Å²) in [6.07, 6.45) is 14.4. The van der Waals surface area contributed by atoms with E-state index in [2.05, 4.69) is 83.3 Å². The fourth-order valence-corrected chi connectivity index (χ4v) is 14.3. The number of rotatable bonds is 0. The largest absolute Gasteiger partial charge is 0.308 e. The first-order valence-electron chi connectivity index (χ1n) is 19.8. The van der Waals surface area contributed by atoms with Crippen molar-refractivity contribution in [2.45, 2.75) is 87.9 Å². The van der Waals surface area contributed by atoms with Crippen LogP contribution in [0, 0.1) is 23.7 Å². The summed E-state index contributed by atoms with van der Waals surface area (Å²) >= 11 is 0. The van der Waals surface area contributed by atoms with Gasteiger partial charge in [0.1, 0.15) is 0 Å². The second kappa shape index (κ2) is 8.60. The van der Waals surface area contributed by atoms with Crippen LogP contribution in [0.1, 0.15) is 110 Å². The quantitative estimate of drug-likeness (QED) is 0.147. The minimum Gasteiger partial charge on any atom is -0.308 e. The third-order valence-electron chi connectivity index (χ3n) is 15.7. The Hall–Kier alpha value is -4.10. The molecule has 0 aliphatic heterocycles. The molecular formula is C48H41N. The first kappa shape index (κ1) is 25.8. The highest BCUT2D eigenvalue weighted by atomic mass is 14.9. The molecule has 4 unspecified atom stereocenters. The maximum atomic E-state index is 2.80. The standard InChI is InChI=1S/C48H41N/c1-2-7-34-32(5-1)33-6-3-4-8-35(33)46-41(34)21-42-40-19-36-28-11-24-9-25(12-28)16-30(15-24)38(36)22-44(40)49-45-23-39-31-17-26-10-27(18-31)14-29(13-26)37(39)20-43(45)47(46)48(42)49/h1-8,19-31H,9-18H2. The molecule has 2 heterocycles. The van der Waals surface area contributed by atoms with Crippen LogP contribution in [0.15, 0.2) is 78.9 Å². The van der Waals surface area contributed by atoms with Crippen LogP contribution < -0.4 is 0 Å². The van der Waals surface area contributed by atoms with Crippen molar-refractivity contribution >= 4 is 70.4 Å². The highest BCUT2D eigenvalue weighted by molar-refractivity contribution is 6.40. The van der Waals surface area contributed by atoms with E-state index < -0.39 is 0 Å². The van der Waals surface area contributed by atoms with Crippen molar-refractivity contribution in [1.29, 1.82) is 0 Å². The molecule has 1 nitrogen and oxygen atoms in total. The predicted octanol–water partition coefficient (Wildman–Crippen LogP) is 13.1. The summed E-state index contributed by atoms with van der Waals surface area (Å²) in [5, 5.41) is 14.5. The Morgan fingerprint density at radius 1 is 0.347 bits per heavy atom. The summed E-state index contributed by atoms with van der Waals surface area (Å²) in [4.78, 5) is 0. The van der Waals surface area contributed by atoms with Gasteiger partial charge in [0.25, 0.3) is 0 Å². The molecule has 8 bridgehead atoms. The lowest BCUT2D eigenvalue weighted by Crippen LogP contribution is -2.25. The maximum absolute atomic E-state index is 2.80. The molecule has 0 spiro atoms. The summed E-state index contributed by atoms with van der Waals surface area (Å²) in [6.45, 7) is 0. The molecule has 238 valence electrons. The van der Waals surface area contributed by atoms with Crippen LogP contribution in [0.4, 0.5) is 0 Å². The zero-order valence-corrected chi connectivity index (χ0v) is 28.1. The average Bonchev–Trinajstić information content (AvgIpc) is 3.50. The van der Waals surface area contributed by atoms with Crippen LogP contribution in [0.3, 0.4) is 0 Å². The summed E-state index contributed by atoms with van der Waals surface area (Å²) in [5.74, 6) is 6.78. The van der Waals surface area contributed by atoms with Gasteiger partial charge in [-0.1, -0.05) is 48.5 Å². The van der Waals surface area contributed by atoms with E-state index in [1.54, 1.807) is 22.3 Å². The van der Waals surface area contributed by atoms with Crippen LogP contribution in [0.25, 0.3) is 70.4 Å². The molecule has 4 saturated carbocycles. The molecule has 4 atom stereocenters. The van der Waals surface area contributed by atoms with Gasteiger partial charge in [0.05, 0.1) is 16.6 Å². The Balaban J connectivity index is 1.21. The van der Waals surface area contributed by atoms with Gasteiger partial charge >= 0.3 is 0 Å². The molecule has 0 amide bonds. The van der Waals surface area contributed by atoms with Crippen molar-refractivity contribution in [3.8, 4) is 0 Å². The number of aromatic nitrogens is 1. The van der Waals surface area contributed by atoms with E-state index in [1.165, 1.54) is 135 Å². The zero-order chi connectivity index (χ0) is 31.3. The first-order valence-corrected chi connectivity index (χ1v) is 19.8. The van der Waals surface area contributed by atoms with Crippen molar-refractivity contribution in [3.05, 3.63) is 101 Å². The van der Waals surface area contributed by atoms with Crippen molar-refractivity contribution in [3.63, 3.8) is 0 Å². The molecule has 2 aromatic heterocycles. The van der Waals surface area contributed by atoms with E-state index in [0.717, 1.165) is 47.3 Å². The van der Waals surface area contributed by atoms with E-state index in [1.807, 2.05) is 0 Å². The van der Waals surface area contributed by atoms with Crippen molar-refractivity contribution in [2.24, 2.45) is 23.7 Å². The molecular weight excluding hydrogens is 591 g/mol. The van der Waals surface area contributed by atoms with Crippen molar-refractivity contribution in [1.82, 2.24) is 4.40 Å². The maximum Gasteiger partial charge on any atom is 0.0627 e. The fourth-order valence-electron chi connectivity index (χ4n) is 14.3. The van der Waals surface area contributed by atoms with E-state index in [4.69, 9.17) is 0 Å². The highest BCUT2D eigenvalue weighted by Gasteiger charge is 2.44. The first-order chi connectivity index (χ1) is 24.2. The van der Waals surface area contributed by atoms with E-state index in [-0.39, 0.29) is 0 Å². The lowest BCUT2D eigenvalue weighted by molar-refractivity contribution is 0.165. The van der Waals surface area contributed by atoms with Crippen LogP contribution in [0.5, 0.6) is 0 Å². The Morgan fingerprint density at radius 2 is 0.776 bits per heavy atom. The van der Waals surface area contributed by atoms with E-state index in [0.29, 0.717) is 0 Å². The molecule has 1 heteroatoms. The third kappa shape index (κ3) is 3.09. The fraction of sp³-hybridized carbons (Fsp3) is 0.375. The minimum atomic E-state index is 0.748. The lowest BCUT2D eigenvalue weighted by Gasteiger charge is -2.38. The Labute approximate surface area is 286 Å². The third-order valence-corrected chi connectivity index (χ3v) is 15.7. The lowest BCUT2D eigenvalue weighted by atomic mass is 9.67. The smallest absolute Gasteiger partial charge is 0.0627 e. The number of nitrogens with zero attached hydrogens (tertiary/aromatic N) is 1. The molecule has 8 aliphatic carbocycles. The molecule has 8 aliphatic rings. The van der Waals surface area contributed by atoms with Crippen LogP contribution in [-0.4, -0.2) is 4.40 Å². The normalized spacial score (nSPS) is 31.3. The molecule has 0 radical (unpaired) electrons. The number of hydrogen-bond donors (Lipinski definition) is 0. The van der Waals surface area contributed by atoms with Gasteiger partial charge in [-0.2, -0.15) is 0 Å². The van der Waals surface area contributed by atoms with Gasteiger partial charge in [0.2, 0.25) is 0 Å². The molecule has 4 fully saturated rings. The van der Waals surface area contributed by atoms with Gasteiger partial charge in [0, 0.05) is 26.9 Å². The summed E-state index contributed by atoms with van der Waals surface area (Å²) in [5.41, 5.74) is 11.4. The number of benzene rings is 6. The monoisotopic (exact) mass is 631 g/mol. The molecule has 16 rings (SSSR count). The zero-order valence-electron chi connectivity index (χ0n) is 28.1. The molecule has 6 aromatic carbocycles. The van der Waals surface area contributed by atoms with Crippen molar-refractivity contribution in [2.75, 3.05) is 0 Å². The highest BCUT2D eigenvalue weighted by Crippen LogP contribution is 2.60. The SMILES string of the molecule is c1ccc2c(c1)c1ccccc1c1c2cc2c3cc4c(cc3n3c5cc6c(cc5c1c23)C1CC2CC(C1)CC6C2)C1CC2CC(CC4C2)C1. The Morgan fingerprint density at radius 3 is 1.33 bits per heavy atom. The Kier molecular flexibility index (Phi) is 4.53. The summed E-state index contributed by atoms with van der Waals surface area (Å²) < 4.78 is 2.80.